The lowest BCUT2D eigenvalue weighted by molar-refractivity contribution is 0.0851. The summed E-state index contributed by atoms with van der Waals surface area (Å²) < 4.78 is 29.6. The summed E-state index contributed by atoms with van der Waals surface area (Å²) in [7, 11) is -2.96. The molecule has 0 amide bonds. The Hall–Kier alpha value is -1.18. The van der Waals surface area contributed by atoms with E-state index < -0.39 is 9.84 Å². The Kier molecular flexibility index (Phi) is 5.96. The van der Waals surface area contributed by atoms with Crippen molar-refractivity contribution in [2.75, 3.05) is 30.0 Å². The summed E-state index contributed by atoms with van der Waals surface area (Å²) in [5.74, 6) is 0.420. The molecule has 0 spiro atoms. The van der Waals surface area contributed by atoms with Crippen molar-refractivity contribution in [1.29, 1.82) is 0 Å². The van der Waals surface area contributed by atoms with Gasteiger partial charge < -0.3 is 15.0 Å². The second-order valence-corrected chi connectivity index (χ2v) is 9.44. The Bertz CT molecular complexity index is 698. The molecule has 0 saturated carbocycles. The summed E-state index contributed by atoms with van der Waals surface area (Å²) in [5.41, 5.74) is 2.20. The maximum atomic E-state index is 11.9. The van der Waals surface area contributed by atoms with E-state index in [4.69, 9.17) is 17.0 Å². The highest BCUT2D eigenvalue weighted by molar-refractivity contribution is 7.91. The number of thiocarbonyl (C=S) groups is 1. The maximum absolute atomic E-state index is 11.9. The lowest BCUT2D eigenvalue weighted by Crippen LogP contribution is -2.47. The van der Waals surface area contributed by atoms with Gasteiger partial charge in [-0.15, -0.1) is 0 Å². The fourth-order valence-corrected chi connectivity index (χ4v) is 5.52. The monoisotopic (exact) mass is 382 g/mol. The first kappa shape index (κ1) is 18.6. The van der Waals surface area contributed by atoms with Crippen molar-refractivity contribution >= 4 is 32.9 Å². The highest BCUT2D eigenvalue weighted by atomic mass is 32.2. The predicted octanol–water partition coefficient (Wildman–Crippen LogP) is 2.61. The average Bonchev–Trinajstić information content (AvgIpc) is 3.22. The number of nitrogens with one attached hydrogen (secondary N) is 1. The van der Waals surface area contributed by atoms with Crippen LogP contribution < -0.4 is 5.32 Å². The number of hydrogen-bond acceptors (Lipinski definition) is 4. The summed E-state index contributed by atoms with van der Waals surface area (Å²) in [5, 5.41) is 3.86. The van der Waals surface area contributed by atoms with Gasteiger partial charge in [-0.3, -0.25) is 0 Å². The number of aryl methyl sites for hydroxylation is 1. The quantitative estimate of drug-likeness (QED) is 0.790. The Morgan fingerprint density at radius 1 is 1.32 bits per heavy atom. The Morgan fingerprint density at radius 3 is 2.64 bits per heavy atom. The van der Waals surface area contributed by atoms with Crippen molar-refractivity contribution < 1.29 is 13.2 Å². The van der Waals surface area contributed by atoms with Crippen LogP contribution in [0.4, 0.5) is 5.69 Å². The molecule has 1 aromatic carbocycles. The summed E-state index contributed by atoms with van der Waals surface area (Å²) in [6.07, 6.45) is 3.82. The molecule has 2 aliphatic rings. The van der Waals surface area contributed by atoms with Crippen molar-refractivity contribution in [2.45, 2.75) is 44.8 Å². The van der Waals surface area contributed by atoms with Crippen LogP contribution in [0.5, 0.6) is 0 Å². The zero-order chi connectivity index (χ0) is 17.9. The minimum Gasteiger partial charge on any atom is -0.376 e. The van der Waals surface area contributed by atoms with Gasteiger partial charge in [-0.05, 0) is 55.6 Å². The highest BCUT2D eigenvalue weighted by Crippen LogP contribution is 2.22. The van der Waals surface area contributed by atoms with Gasteiger partial charge >= 0.3 is 0 Å². The summed E-state index contributed by atoms with van der Waals surface area (Å²) in [6, 6.07) is 8.12. The summed E-state index contributed by atoms with van der Waals surface area (Å²) in [6.45, 7) is 3.55. The largest absolute Gasteiger partial charge is 0.376 e. The van der Waals surface area contributed by atoms with Gasteiger partial charge in [0.05, 0.1) is 17.6 Å². The van der Waals surface area contributed by atoms with E-state index in [1.165, 1.54) is 5.56 Å². The van der Waals surface area contributed by atoms with Crippen LogP contribution >= 0.6 is 12.2 Å². The van der Waals surface area contributed by atoms with Crippen molar-refractivity contribution in [1.82, 2.24) is 4.90 Å². The first-order valence-corrected chi connectivity index (χ1v) is 11.2. The second kappa shape index (κ2) is 8.01. The first-order valence-electron chi connectivity index (χ1n) is 8.95. The normalized spacial score (nSPS) is 25.0. The molecule has 0 unspecified atom stereocenters. The highest BCUT2D eigenvalue weighted by Gasteiger charge is 2.35. The Labute approximate surface area is 155 Å². The van der Waals surface area contributed by atoms with E-state index in [-0.39, 0.29) is 23.7 Å². The zero-order valence-electron chi connectivity index (χ0n) is 14.6. The number of sulfone groups is 1. The van der Waals surface area contributed by atoms with E-state index in [2.05, 4.69) is 24.4 Å². The average molecular weight is 383 g/mol. The molecule has 2 atom stereocenters. The fraction of sp³-hybridized carbons (Fsp3) is 0.611. The van der Waals surface area contributed by atoms with Gasteiger partial charge in [0.1, 0.15) is 0 Å². The van der Waals surface area contributed by atoms with Crippen LogP contribution in [-0.2, 0) is 21.0 Å². The molecule has 1 aromatic rings. The van der Waals surface area contributed by atoms with Gasteiger partial charge in [-0.25, -0.2) is 8.42 Å². The number of benzene rings is 1. The molecule has 0 radical (unpaired) electrons. The molecule has 0 aromatic heterocycles. The van der Waals surface area contributed by atoms with Crippen LogP contribution in [0.25, 0.3) is 0 Å². The molecule has 138 valence electrons. The van der Waals surface area contributed by atoms with E-state index in [1.807, 2.05) is 17.0 Å². The van der Waals surface area contributed by atoms with E-state index in [1.54, 1.807) is 0 Å². The number of ether oxygens (including phenoxy) is 1. The second-order valence-electron chi connectivity index (χ2n) is 6.82. The van der Waals surface area contributed by atoms with Gasteiger partial charge in [0.15, 0.2) is 14.9 Å². The Balaban J connectivity index is 1.71. The maximum Gasteiger partial charge on any atom is 0.173 e. The van der Waals surface area contributed by atoms with E-state index in [0.717, 1.165) is 31.6 Å². The third-order valence-electron chi connectivity index (χ3n) is 4.95. The third-order valence-corrected chi connectivity index (χ3v) is 7.03. The van der Waals surface area contributed by atoms with E-state index in [9.17, 15) is 8.42 Å². The molecule has 7 heteroatoms. The smallest absolute Gasteiger partial charge is 0.173 e. The van der Waals surface area contributed by atoms with Crippen molar-refractivity contribution in [3.8, 4) is 0 Å². The molecule has 0 aliphatic carbocycles. The van der Waals surface area contributed by atoms with Crippen LogP contribution in [0.15, 0.2) is 24.3 Å². The van der Waals surface area contributed by atoms with Gasteiger partial charge in [0, 0.05) is 24.9 Å². The molecule has 0 bridgehead atoms. The third kappa shape index (κ3) is 4.92. The van der Waals surface area contributed by atoms with Crippen molar-refractivity contribution in [3.63, 3.8) is 0 Å². The van der Waals surface area contributed by atoms with E-state index in [0.29, 0.717) is 18.1 Å². The lowest BCUT2D eigenvalue weighted by Gasteiger charge is -2.33. The molecule has 5 nitrogen and oxygen atoms in total. The molecule has 2 saturated heterocycles. The van der Waals surface area contributed by atoms with Gasteiger partial charge in [0.25, 0.3) is 0 Å². The lowest BCUT2D eigenvalue weighted by atomic mass is 10.1. The predicted molar refractivity (Wildman–Crippen MR) is 105 cm³/mol. The minimum atomic E-state index is -2.96. The number of rotatable bonds is 5. The molecule has 2 heterocycles. The number of hydrogen-bond donors (Lipinski definition) is 1. The standard InChI is InChI=1S/C18H26N2O3S2/c1-2-14-5-7-15(8-6-14)19-18(24)20(12-17-4-3-10-23-17)16-9-11-25(21,22)13-16/h5-8,16-17H,2-4,9-13H2,1H3,(H,19,24)/t16-,17-/m0/s1. The van der Waals surface area contributed by atoms with Crippen LogP contribution in [0.2, 0.25) is 0 Å². The number of nitrogens with zero attached hydrogens (tertiary/aromatic N) is 1. The van der Waals surface area contributed by atoms with Gasteiger partial charge in [-0.2, -0.15) is 0 Å². The molecule has 2 fully saturated rings. The zero-order valence-corrected chi connectivity index (χ0v) is 16.2. The summed E-state index contributed by atoms with van der Waals surface area (Å²) in [4.78, 5) is 2.03. The minimum absolute atomic E-state index is 0.0656. The van der Waals surface area contributed by atoms with Crippen LogP contribution in [0.1, 0.15) is 31.7 Å². The molecule has 1 N–H and O–H groups in total. The number of anilines is 1. The molecular weight excluding hydrogens is 356 g/mol. The first-order chi connectivity index (χ1) is 12.0. The molecule has 2 aliphatic heterocycles. The SMILES string of the molecule is CCc1ccc(NC(=S)N(C[C@@H]2CCCO2)[C@H]2CCS(=O)(=O)C2)cc1. The van der Waals surface area contributed by atoms with Gasteiger partial charge in [0.2, 0.25) is 0 Å². The van der Waals surface area contributed by atoms with Crippen LogP contribution in [0, 0.1) is 0 Å². The topological polar surface area (TPSA) is 58.6 Å². The van der Waals surface area contributed by atoms with Gasteiger partial charge in [-0.1, -0.05) is 19.1 Å². The van der Waals surface area contributed by atoms with Crippen molar-refractivity contribution in [2.24, 2.45) is 0 Å². The van der Waals surface area contributed by atoms with E-state index >= 15 is 0 Å². The molecule has 25 heavy (non-hydrogen) atoms. The summed E-state index contributed by atoms with van der Waals surface area (Å²) >= 11 is 5.63. The van der Waals surface area contributed by atoms with Crippen LogP contribution in [-0.4, -0.2) is 55.2 Å². The Morgan fingerprint density at radius 2 is 2.08 bits per heavy atom. The van der Waals surface area contributed by atoms with Crippen molar-refractivity contribution in [3.05, 3.63) is 29.8 Å². The fourth-order valence-electron chi connectivity index (χ4n) is 3.45. The van der Waals surface area contributed by atoms with Crippen LogP contribution in [0.3, 0.4) is 0 Å². The molecule has 3 rings (SSSR count). The molecular formula is C18H26N2O3S2.